The number of hydrogen-bond donors (Lipinski definition) is 1. The van der Waals surface area contributed by atoms with E-state index >= 15 is 0 Å². The molecule has 18 heavy (non-hydrogen) atoms. The Morgan fingerprint density at radius 2 is 2.17 bits per heavy atom. The Labute approximate surface area is 116 Å². The van der Waals surface area contributed by atoms with E-state index in [0.717, 1.165) is 16.6 Å². The predicted molar refractivity (Wildman–Crippen MR) is 77.8 cm³/mol. The van der Waals surface area contributed by atoms with E-state index in [1.807, 2.05) is 12.1 Å². The van der Waals surface area contributed by atoms with Gasteiger partial charge in [-0.3, -0.25) is 0 Å². The lowest BCUT2D eigenvalue weighted by Gasteiger charge is -2.12. The Hall–Kier alpha value is -1.29. The van der Waals surface area contributed by atoms with E-state index in [1.54, 1.807) is 6.92 Å². The number of carbonyl (C=O) groups is 1. The molecule has 4 heteroatoms. The molecule has 1 N–H and O–H groups in total. The summed E-state index contributed by atoms with van der Waals surface area (Å²) in [6, 6.07) is 6.02. The molecular weight excluding hydrogens is 294 g/mol. The van der Waals surface area contributed by atoms with E-state index in [4.69, 9.17) is 4.74 Å². The van der Waals surface area contributed by atoms with Crippen LogP contribution in [0.25, 0.3) is 0 Å². The van der Waals surface area contributed by atoms with Gasteiger partial charge < -0.3 is 10.1 Å². The van der Waals surface area contributed by atoms with Crippen LogP contribution in [0, 0.1) is 0 Å². The maximum absolute atomic E-state index is 11.4. The first-order valence-electron chi connectivity index (χ1n) is 5.95. The van der Waals surface area contributed by atoms with Crippen LogP contribution in [-0.4, -0.2) is 19.1 Å². The topological polar surface area (TPSA) is 38.3 Å². The first-order chi connectivity index (χ1) is 8.58. The molecule has 1 aromatic rings. The van der Waals surface area contributed by atoms with Crippen molar-refractivity contribution in [2.24, 2.45) is 0 Å². The van der Waals surface area contributed by atoms with Gasteiger partial charge in [-0.05, 0) is 37.1 Å². The highest BCUT2D eigenvalue weighted by molar-refractivity contribution is 9.10. The van der Waals surface area contributed by atoms with Gasteiger partial charge in [0, 0.05) is 22.3 Å². The van der Waals surface area contributed by atoms with Gasteiger partial charge in [-0.15, -0.1) is 0 Å². The van der Waals surface area contributed by atoms with Crippen molar-refractivity contribution in [1.29, 1.82) is 0 Å². The van der Waals surface area contributed by atoms with Crippen molar-refractivity contribution < 1.29 is 9.53 Å². The standard InChI is InChI=1S/C14H18BrNO2/c1-4-11-8-12(15)6-7-13(11)16-9-10(3)14(17)18-5-2/h6-8,16H,3-5,9H2,1-2H3. The molecule has 0 fully saturated rings. The zero-order valence-electron chi connectivity index (χ0n) is 10.8. The minimum atomic E-state index is -0.347. The molecule has 0 radical (unpaired) electrons. The second kappa shape index (κ2) is 7.21. The van der Waals surface area contributed by atoms with E-state index in [1.165, 1.54) is 5.56 Å². The number of esters is 1. The highest BCUT2D eigenvalue weighted by Gasteiger charge is 2.08. The summed E-state index contributed by atoms with van der Waals surface area (Å²) < 4.78 is 5.93. The van der Waals surface area contributed by atoms with Crippen LogP contribution in [-0.2, 0) is 16.0 Å². The Kier molecular flexibility index (Phi) is 5.92. The zero-order chi connectivity index (χ0) is 13.5. The molecule has 3 nitrogen and oxygen atoms in total. The van der Waals surface area contributed by atoms with Crippen molar-refractivity contribution >= 4 is 27.6 Å². The average molecular weight is 312 g/mol. The van der Waals surface area contributed by atoms with Crippen molar-refractivity contribution in [3.05, 3.63) is 40.4 Å². The second-order valence-electron chi connectivity index (χ2n) is 3.83. The molecule has 0 aliphatic carbocycles. The quantitative estimate of drug-likeness (QED) is 0.645. The first kappa shape index (κ1) is 14.8. The Bertz CT molecular complexity index is 443. The molecule has 0 saturated carbocycles. The molecule has 0 spiro atoms. The third-order valence-corrected chi connectivity index (χ3v) is 3.00. The summed E-state index contributed by atoms with van der Waals surface area (Å²) in [5.74, 6) is -0.347. The predicted octanol–water partition coefficient (Wildman–Crippen LogP) is 3.54. The van der Waals surface area contributed by atoms with E-state index < -0.39 is 0 Å². The molecule has 0 aliphatic heterocycles. The average Bonchev–Trinajstić information content (AvgIpc) is 2.37. The van der Waals surface area contributed by atoms with Gasteiger partial charge in [0.2, 0.25) is 0 Å². The minimum Gasteiger partial charge on any atom is -0.463 e. The number of ether oxygens (including phenoxy) is 1. The van der Waals surface area contributed by atoms with Gasteiger partial charge in [0.25, 0.3) is 0 Å². The van der Waals surface area contributed by atoms with Gasteiger partial charge in [-0.2, -0.15) is 0 Å². The molecule has 0 aliphatic rings. The van der Waals surface area contributed by atoms with Crippen LogP contribution in [0.4, 0.5) is 5.69 Å². The van der Waals surface area contributed by atoms with Gasteiger partial charge in [0.05, 0.1) is 6.61 Å². The molecular formula is C14H18BrNO2. The van der Waals surface area contributed by atoms with Crippen LogP contribution >= 0.6 is 15.9 Å². The molecule has 98 valence electrons. The van der Waals surface area contributed by atoms with Crippen molar-refractivity contribution in [2.75, 3.05) is 18.5 Å². The summed E-state index contributed by atoms with van der Waals surface area (Å²) in [6.07, 6.45) is 0.924. The highest BCUT2D eigenvalue weighted by atomic mass is 79.9. The van der Waals surface area contributed by atoms with Gasteiger partial charge in [0.1, 0.15) is 0 Å². The van der Waals surface area contributed by atoms with E-state index in [-0.39, 0.29) is 5.97 Å². The van der Waals surface area contributed by atoms with Crippen molar-refractivity contribution in [3.8, 4) is 0 Å². The number of hydrogen-bond acceptors (Lipinski definition) is 3. The number of anilines is 1. The summed E-state index contributed by atoms with van der Waals surface area (Å²) in [5, 5.41) is 3.21. The summed E-state index contributed by atoms with van der Waals surface area (Å²) >= 11 is 3.44. The second-order valence-corrected chi connectivity index (χ2v) is 4.75. The summed E-state index contributed by atoms with van der Waals surface area (Å²) in [7, 11) is 0. The lowest BCUT2D eigenvalue weighted by atomic mass is 10.1. The van der Waals surface area contributed by atoms with Crippen molar-refractivity contribution in [3.63, 3.8) is 0 Å². The van der Waals surface area contributed by atoms with Crippen molar-refractivity contribution in [1.82, 2.24) is 0 Å². The molecule has 0 unspecified atom stereocenters. The van der Waals surface area contributed by atoms with Crippen LogP contribution < -0.4 is 5.32 Å². The minimum absolute atomic E-state index is 0.347. The normalized spacial score (nSPS) is 9.94. The number of rotatable bonds is 6. The molecule has 0 saturated heterocycles. The monoisotopic (exact) mass is 311 g/mol. The molecule has 0 heterocycles. The third kappa shape index (κ3) is 4.18. The lowest BCUT2D eigenvalue weighted by molar-refractivity contribution is -0.138. The SMILES string of the molecule is C=C(CNc1ccc(Br)cc1CC)C(=O)OCC. The summed E-state index contributed by atoms with van der Waals surface area (Å²) in [5.41, 5.74) is 2.65. The van der Waals surface area contributed by atoms with Crippen LogP contribution in [0.5, 0.6) is 0 Å². The molecule has 1 rings (SSSR count). The van der Waals surface area contributed by atoms with Crippen molar-refractivity contribution in [2.45, 2.75) is 20.3 Å². The fourth-order valence-corrected chi connectivity index (χ4v) is 1.94. The lowest BCUT2D eigenvalue weighted by Crippen LogP contribution is -2.15. The summed E-state index contributed by atoms with van der Waals surface area (Å²) in [6.45, 7) is 8.35. The molecule has 0 amide bonds. The largest absolute Gasteiger partial charge is 0.463 e. The molecule has 0 aromatic heterocycles. The molecule has 0 bridgehead atoms. The highest BCUT2D eigenvalue weighted by Crippen LogP contribution is 2.21. The van der Waals surface area contributed by atoms with Crippen LogP contribution in [0.15, 0.2) is 34.8 Å². The molecule has 1 aromatic carbocycles. The molecule has 0 atom stereocenters. The third-order valence-electron chi connectivity index (χ3n) is 2.50. The van der Waals surface area contributed by atoms with E-state index in [9.17, 15) is 4.79 Å². The first-order valence-corrected chi connectivity index (χ1v) is 6.75. The zero-order valence-corrected chi connectivity index (χ0v) is 12.3. The van der Waals surface area contributed by atoms with Crippen LogP contribution in [0.2, 0.25) is 0 Å². The van der Waals surface area contributed by atoms with Gasteiger partial charge >= 0.3 is 5.97 Å². The maximum atomic E-state index is 11.4. The Morgan fingerprint density at radius 3 is 2.78 bits per heavy atom. The smallest absolute Gasteiger partial charge is 0.335 e. The summed E-state index contributed by atoms with van der Waals surface area (Å²) in [4.78, 5) is 11.4. The number of carbonyl (C=O) groups excluding carboxylic acids is 1. The van der Waals surface area contributed by atoms with Crippen LogP contribution in [0.3, 0.4) is 0 Å². The fourth-order valence-electron chi connectivity index (χ4n) is 1.53. The fraction of sp³-hybridized carbons (Fsp3) is 0.357. The number of halogens is 1. The Morgan fingerprint density at radius 1 is 1.44 bits per heavy atom. The van der Waals surface area contributed by atoms with Crippen LogP contribution in [0.1, 0.15) is 19.4 Å². The van der Waals surface area contributed by atoms with E-state index in [0.29, 0.717) is 18.7 Å². The number of aryl methyl sites for hydroxylation is 1. The van der Waals surface area contributed by atoms with Gasteiger partial charge in [0.15, 0.2) is 0 Å². The number of benzene rings is 1. The van der Waals surface area contributed by atoms with E-state index in [2.05, 4.69) is 40.8 Å². The Balaban J connectivity index is 2.63. The maximum Gasteiger partial charge on any atom is 0.335 e. The van der Waals surface area contributed by atoms with Gasteiger partial charge in [-0.25, -0.2) is 4.79 Å². The van der Waals surface area contributed by atoms with Gasteiger partial charge in [-0.1, -0.05) is 29.4 Å². The number of nitrogens with one attached hydrogen (secondary N) is 1.